The number of phenols is 1. The van der Waals surface area contributed by atoms with Crippen LogP contribution in [0.2, 0.25) is 0 Å². The molecule has 5 nitrogen and oxygen atoms in total. The first-order valence-corrected chi connectivity index (χ1v) is 8.41. The first-order valence-electron chi connectivity index (χ1n) is 8.41. The van der Waals surface area contributed by atoms with Crippen LogP contribution in [0.3, 0.4) is 0 Å². The van der Waals surface area contributed by atoms with Gasteiger partial charge < -0.3 is 10.0 Å². The molecule has 1 saturated carbocycles. The number of hydrogen-bond donors (Lipinski definition) is 1. The Bertz CT molecular complexity index is 900. The van der Waals surface area contributed by atoms with Crippen molar-refractivity contribution in [2.75, 3.05) is 11.9 Å². The van der Waals surface area contributed by atoms with Crippen LogP contribution in [0.1, 0.15) is 19.3 Å². The van der Waals surface area contributed by atoms with Crippen LogP contribution in [0.5, 0.6) is 5.75 Å². The van der Waals surface area contributed by atoms with Gasteiger partial charge in [0.05, 0.1) is 11.7 Å². The van der Waals surface area contributed by atoms with E-state index in [0.29, 0.717) is 23.5 Å². The van der Waals surface area contributed by atoms with E-state index in [4.69, 9.17) is 0 Å². The molecule has 2 atom stereocenters. The van der Waals surface area contributed by atoms with Gasteiger partial charge in [0.1, 0.15) is 11.9 Å². The standard InChI is InChI=1S/C19H19FN4O/c1-24(17-4-2-3-15(17)20)19-6-5-16(22-23-19)14-9-13-11-21-8-7-12(13)10-18(14)25/h5-11,15,17,25H,2-4H2,1H3/t15-,17+/m1/s1. The van der Waals surface area contributed by atoms with Crippen molar-refractivity contribution < 1.29 is 9.50 Å². The molecule has 128 valence electrons. The van der Waals surface area contributed by atoms with Crippen LogP contribution in [-0.2, 0) is 0 Å². The number of phenolic OH excluding ortho intramolecular Hbond substituents is 1. The van der Waals surface area contributed by atoms with Crippen molar-refractivity contribution in [3.63, 3.8) is 0 Å². The van der Waals surface area contributed by atoms with Crippen LogP contribution < -0.4 is 4.90 Å². The minimum absolute atomic E-state index is 0.139. The average molecular weight is 338 g/mol. The number of halogens is 1. The lowest BCUT2D eigenvalue weighted by atomic mass is 10.1. The van der Waals surface area contributed by atoms with E-state index in [9.17, 15) is 9.50 Å². The van der Waals surface area contributed by atoms with Crippen molar-refractivity contribution in [2.24, 2.45) is 0 Å². The highest BCUT2D eigenvalue weighted by atomic mass is 19.1. The number of anilines is 1. The molecule has 1 aliphatic carbocycles. The maximum atomic E-state index is 13.9. The largest absolute Gasteiger partial charge is 0.507 e. The maximum absolute atomic E-state index is 13.9. The molecule has 25 heavy (non-hydrogen) atoms. The van der Waals surface area contributed by atoms with E-state index in [2.05, 4.69) is 15.2 Å². The number of rotatable bonds is 3. The van der Waals surface area contributed by atoms with Crippen LogP contribution in [0.25, 0.3) is 22.0 Å². The molecule has 0 radical (unpaired) electrons. The van der Waals surface area contributed by atoms with E-state index >= 15 is 0 Å². The second-order valence-corrected chi connectivity index (χ2v) is 6.49. The summed E-state index contributed by atoms with van der Waals surface area (Å²) in [7, 11) is 1.85. The third-order valence-corrected chi connectivity index (χ3v) is 4.94. The number of aromatic nitrogens is 3. The fourth-order valence-electron chi connectivity index (χ4n) is 3.49. The Morgan fingerprint density at radius 2 is 2.00 bits per heavy atom. The Labute approximate surface area is 145 Å². The Hall–Kier alpha value is -2.76. The molecule has 2 heterocycles. The predicted octanol–water partition coefficient (Wildman–Crippen LogP) is 3.72. The van der Waals surface area contributed by atoms with Crippen molar-refractivity contribution in [2.45, 2.75) is 31.5 Å². The zero-order valence-electron chi connectivity index (χ0n) is 13.9. The van der Waals surface area contributed by atoms with E-state index in [1.54, 1.807) is 24.5 Å². The molecule has 0 unspecified atom stereocenters. The average Bonchev–Trinajstić information content (AvgIpc) is 3.06. The maximum Gasteiger partial charge on any atom is 0.151 e. The molecule has 0 bridgehead atoms. The number of hydrogen-bond acceptors (Lipinski definition) is 5. The normalized spacial score (nSPS) is 20.1. The summed E-state index contributed by atoms with van der Waals surface area (Å²) in [5.41, 5.74) is 1.18. The monoisotopic (exact) mass is 338 g/mol. The summed E-state index contributed by atoms with van der Waals surface area (Å²) in [4.78, 5) is 5.97. The summed E-state index contributed by atoms with van der Waals surface area (Å²) in [5, 5.41) is 20.6. The van der Waals surface area contributed by atoms with E-state index in [1.807, 2.05) is 30.1 Å². The van der Waals surface area contributed by atoms with E-state index in [0.717, 1.165) is 23.6 Å². The summed E-state index contributed by atoms with van der Waals surface area (Å²) in [6, 6.07) is 8.87. The highest BCUT2D eigenvalue weighted by Gasteiger charge is 2.31. The van der Waals surface area contributed by atoms with E-state index < -0.39 is 6.17 Å². The Kier molecular flexibility index (Phi) is 3.95. The number of pyridine rings is 1. The SMILES string of the molecule is CN(c1ccc(-c2cc3cnccc3cc2O)nn1)[C@H]1CCC[C@H]1F. The molecule has 1 fully saturated rings. The number of alkyl halides is 1. The Morgan fingerprint density at radius 1 is 1.12 bits per heavy atom. The van der Waals surface area contributed by atoms with E-state index in [-0.39, 0.29) is 11.8 Å². The first kappa shape index (κ1) is 15.7. The molecule has 2 aromatic heterocycles. The molecule has 1 aromatic carbocycles. The van der Waals surface area contributed by atoms with Gasteiger partial charge in [0.15, 0.2) is 5.82 Å². The van der Waals surface area contributed by atoms with Gasteiger partial charge in [0, 0.05) is 30.4 Å². The second kappa shape index (κ2) is 6.27. The lowest BCUT2D eigenvalue weighted by Crippen LogP contribution is -2.36. The smallest absolute Gasteiger partial charge is 0.151 e. The van der Waals surface area contributed by atoms with Crippen molar-refractivity contribution in [1.82, 2.24) is 15.2 Å². The lowest BCUT2D eigenvalue weighted by Gasteiger charge is -2.26. The molecule has 3 aromatic rings. The van der Waals surface area contributed by atoms with Gasteiger partial charge in [0.2, 0.25) is 0 Å². The van der Waals surface area contributed by atoms with Gasteiger partial charge in [-0.1, -0.05) is 0 Å². The highest BCUT2D eigenvalue weighted by Crippen LogP contribution is 2.33. The van der Waals surface area contributed by atoms with E-state index in [1.165, 1.54) is 0 Å². The number of fused-ring (bicyclic) bond motifs is 1. The molecular weight excluding hydrogens is 319 g/mol. The van der Waals surface area contributed by atoms with Crippen molar-refractivity contribution in [3.05, 3.63) is 42.7 Å². The van der Waals surface area contributed by atoms with Crippen molar-refractivity contribution in [1.29, 1.82) is 0 Å². The Morgan fingerprint density at radius 3 is 2.72 bits per heavy atom. The number of nitrogens with zero attached hydrogens (tertiary/aromatic N) is 4. The van der Waals surface area contributed by atoms with Crippen LogP contribution in [-0.4, -0.2) is 39.5 Å². The molecule has 0 amide bonds. The topological polar surface area (TPSA) is 62.1 Å². The molecule has 1 N–H and O–H groups in total. The minimum Gasteiger partial charge on any atom is -0.507 e. The molecule has 1 aliphatic rings. The quantitative estimate of drug-likeness (QED) is 0.788. The third kappa shape index (κ3) is 2.88. The molecule has 4 rings (SSSR count). The van der Waals surface area contributed by atoms with Crippen LogP contribution in [0.4, 0.5) is 10.2 Å². The Balaban J connectivity index is 1.65. The van der Waals surface area contributed by atoms with Gasteiger partial charge >= 0.3 is 0 Å². The van der Waals surface area contributed by atoms with Gasteiger partial charge in [-0.15, -0.1) is 10.2 Å². The van der Waals surface area contributed by atoms with Crippen LogP contribution >= 0.6 is 0 Å². The molecule has 0 saturated heterocycles. The van der Waals surface area contributed by atoms with Gasteiger partial charge in [-0.3, -0.25) is 4.98 Å². The summed E-state index contributed by atoms with van der Waals surface area (Å²) >= 11 is 0. The third-order valence-electron chi connectivity index (χ3n) is 4.94. The summed E-state index contributed by atoms with van der Waals surface area (Å²) in [6.07, 6.45) is 4.96. The second-order valence-electron chi connectivity index (χ2n) is 6.49. The minimum atomic E-state index is -0.816. The zero-order valence-corrected chi connectivity index (χ0v) is 13.9. The van der Waals surface area contributed by atoms with Gasteiger partial charge in [-0.25, -0.2) is 4.39 Å². The summed E-state index contributed by atoms with van der Waals surface area (Å²) in [6.45, 7) is 0. The van der Waals surface area contributed by atoms with Crippen LogP contribution in [0.15, 0.2) is 42.7 Å². The fourth-order valence-corrected chi connectivity index (χ4v) is 3.49. The summed E-state index contributed by atoms with van der Waals surface area (Å²) < 4.78 is 13.9. The van der Waals surface area contributed by atoms with Gasteiger partial charge in [-0.05, 0) is 55.0 Å². The molecule has 0 spiro atoms. The van der Waals surface area contributed by atoms with Crippen molar-refractivity contribution >= 4 is 16.6 Å². The fraction of sp³-hybridized carbons (Fsp3) is 0.316. The zero-order chi connectivity index (χ0) is 17.4. The molecular formula is C19H19FN4O. The summed E-state index contributed by atoms with van der Waals surface area (Å²) in [5.74, 6) is 0.786. The highest BCUT2D eigenvalue weighted by molar-refractivity contribution is 5.89. The first-order chi connectivity index (χ1) is 12.1. The van der Waals surface area contributed by atoms with Gasteiger partial charge in [-0.2, -0.15) is 0 Å². The molecule has 6 heteroatoms. The van der Waals surface area contributed by atoms with Crippen molar-refractivity contribution in [3.8, 4) is 17.0 Å². The number of aromatic hydroxyl groups is 1. The predicted molar refractivity (Wildman–Crippen MR) is 95.4 cm³/mol. The van der Waals surface area contributed by atoms with Gasteiger partial charge in [0.25, 0.3) is 0 Å². The molecule has 0 aliphatic heterocycles. The van der Waals surface area contributed by atoms with Crippen LogP contribution in [0, 0.1) is 0 Å². The lowest BCUT2D eigenvalue weighted by molar-refractivity contribution is 0.306. The number of benzene rings is 1.